The summed E-state index contributed by atoms with van der Waals surface area (Å²) in [4.78, 5) is 0. The third-order valence-electron chi connectivity index (χ3n) is 3.44. The van der Waals surface area contributed by atoms with Crippen LogP contribution in [0.5, 0.6) is 0 Å². The van der Waals surface area contributed by atoms with Crippen LogP contribution in [-0.4, -0.2) is 33.3 Å². The maximum atomic E-state index is 6.38. The third kappa shape index (κ3) is 6.81. The van der Waals surface area contributed by atoms with Crippen LogP contribution >= 0.6 is 0 Å². The minimum absolute atomic E-state index is 0.00563. The van der Waals surface area contributed by atoms with Gasteiger partial charge in [-0.3, -0.25) is 5.32 Å². The largest absolute Gasteiger partial charge is 0.538 e. The lowest BCUT2D eigenvalue weighted by molar-refractivity contribution is 0.0151. The molecule has 0 spiro atoms. The van der Waals surface area contributed by atoms with Crippen LogP contribution in [-0.2, 0) is 13.3 Å². The zero-order chi connectivity index (χ0) is 19.2. The van der Waals surface area contributed by atoms with E-state index < -0.39 is 8.80 Å². The summed E-state index contributed by atoms with van der Waals surface area (Å²) in [5.74, 6) is 0. The molecule has 0 aliphatic carbocycles. The molecule has 5 nitrogen and oxygen atoms in total. The van der Waals surface area contributed by atoms with Crippen LogP contribution < -0.4 is 16.2 Å². The van der Waals surface area contributed by atoms with Crippen LogP contribution in [0.15, 0.2) is 24.3 Å². The number of hydrogen-bond donors (Lipinski definition) is 2. The van der Waals surface area contributed by atoms with Gasteiger partial charge in [-0.05, 0) is 61.0 Å². The molecule has 6 heteroatoms. The average Bonchev–Trinajstić information content (AvgIpc) is 2.44. The highest BCUT2D eigenvalue weighted by molar-refractivity contribution is 6.76. The van der Waals surface area contributed by atoms with Crippen LogP contribution in [0.1, 0.15) is 67.0 Å². The molecule has 0 bridgehead atoms. The van der Waals surface area contributed by atoms with Crippen molar-refractivity contribution in [3.8, 4) is 0 Å². The molecular weight excluding hydrogens is 332 g/mol. The Balaban J connectivity index is 3.46. The van der Waals surface area contributed by atoms with Crippen molar-refractivity contribution >= 4 is 14.0 Å². The first-order valence-corrected chi connectivity index (χ1v) is 10.9. The van der Waals surface area contributed by atoms with Gasteiger partial charge in [0.1, 0.15) is 0 Å². The van der Waals surface area contributed by atoms with Gasteiger partial charge in [0.05, 0.1) is 6.17 Å². The summed E-state index contributed by atoms with van der Waals surface area (Å²) in [6.45, 7) is 16.1. The van der Waals surface area contributed by atoms with E-state index >= 15 is 0 Å². The van der Waals surface area contributed by atoms with E-state index in [9.17, 15) is 0 Å². The molecule has 0 aliphatic rings. The van der Waals surface area contributed by atoms with Gasteiger partial charge in [0.15, 0.2) is 0 Å². The Morgan fingerprint density at radius 3 is 1.64 bits per heavy atom. The van der Waals surface area contributed by atoms with Crippen molar-refractivity contribution in [2.75, 3.05) is 0 Å². The third-order valence-corrected chi connectivity index (χ3v) is 6.90. The van der Waals surface area contributed by atoms with E-state index in [1.165, 1.54) is 0 Å². The lowest BCUT2D eigenvalue weighted by Gasteiger charge is -2.36. The Morgan fingerprint density at radius 1 is 0.800 bits per heavy atom. The topological polar surface area (TPSA) is 65.7 Å². The Kier molecular flexibility index (Phi) is 8.74. The SMILES string of the molecule is CC(N)NC(C)c1ccccc1[Si](OC(C)C)(OC(C)C)OC(C)C. The van der Waals surface area contributed by atoms with Crippen LogP contribution in [0.3, 0.4) is 0 Å². The molecule has 2 unspecified atom stereocenters. The molecule has 0 amide bonds. The average molecular weight is 369 g/mol. The predicted molar refractivity (Wildman–Crippen MR) is 106 cm³/mol. The van der Waals surface area contributed by atoms with E-state index in [0.717, 1.165) is 10.8 Å². The molecule has 25 heavy (non-hydrogen) atoms. The van der Waals surface area contributed by atoms with E-state index in [0.29, 0.717) is 0 Å². The lowest BCUT2D eigenvalue weighted by Crippen LogP contribution is -2.61. The number of hydrogen-bond acceptors (Lipinski definition) is 5. The molecule has 1 rings (SSSR count). The second-order valence-electron chi connectivity index (χ2n) is 7.32. The van der Waals surface area contributed by atoms with E-state index in [4.69, 9.17) is 19.0 Å². The number of benzene rings is 1. The zero-order valence-corrected chi connectivity index (χ0v) is 18.0. The smallest absolute Gasteiger partial charge is 0.367 e. The summed E-state index contributed by atoms with van der Waals surface area (Å²) in [6, 6.07) is 8.25. The fraction of sp³-hybridized carbons (Fsp3) is 0.684. The highest BCUT2D eigenvalue weighted by Crippen LogP contribution is 2.22. The number of nitrogens with one attached hydrogen (secondary N) is 1. The van der Waals surface area contributed by atoms with Crippen molar-refractivity contribution in [1.82, 2.24) is 5.32 Å². The Morgan fingerprint density at radius 2 is 1.24 bits per heavy atom. The van der Waals surface area contributed by atoms with Gasteiger partial charge in [0, 0.05) is 29.5 Å². The molecular formula is C19H36N2O3Si. The Hall–Kier alpha value is -0.763. The first-order chi connectivity index (χ1) is 11.6. The quantitative estimate of drug-likeness (QED) is 0.491. The molecule has 1 aromatic rings. The number of rotatable bonds is 10. The van der Waals surface area contributed by atoms with E-state index in [1.54, 1.807) is 0 Å². The molecule has 144 valence electrons. The Bertz CT molecular complexity index is 495. The first-order valence-electron chi connectivity index (χ1n) is 9.21. The predicted octanol–water partition coefficient (Wildman–Crippen LogP) is 3.06. The summed E-state index contributed by atoms with van der Waals surface area (Å²) < 4.78 is 19.1. The summed E-state index contributed by atoms with van der Waals surface area (Å²) in [5, 5.41) is 4.37. The molecule has 0 saturated heterocycles. The van der Waals surface area contributed by atoms with Crippen molar-refractivity contribution in [3.63, 3.8) is 0 Å². The summed E-state index contributed by atoms with van der Waals surface area (Å²) in [7, 11) is -3.10. The van der Waals surface area contributed by atoms with Crippen LogP contribution in [0.4, 0.5) is 0 Å². The highest BCUT2D eigenvalue weighted by atomic mass is 28.4. The normalized spacial score (nSPS) is 15.2. The van der Waals surface area contributed by atoms with Gasteiger partial charge in [0.2, 0.25) is 0 Å². The van der Waals surface area contributed by atoms with Gasteiger partial charge in [0.25, 0.3) is 0 Å². The molecule has 0 fully saturated rings. The zero-order valence-electron chi connectivity index (χ0n) is 17.0. The van der Waals surface area contributed by atoms with E-state index in [2.05, 4.69) is 24.4 Å². The second kappa shape index (κ2) is 9.80. The van der Waals surface area contributed by atoms with E-state index in [1.807, 2.05) is 60.6 Å². The highest BCUT2D eigenvalue weighted by Gasteiger charge is 2.48. The van der Waals surface area contributed by atoms with Crippen molar-refractivity contribution in [3.05, 3.63) is 29.8 Å². The molecule has 0 aliphatic heterocycles. The van der Waals surface area contributed by atoms with Crippen molar-refractivity contribution in [2.24, 2.45) is 5.73 Å². The maximum absolute atomic E-state index is 6.38. The van der Waals surface area contributed by atoms with Crippen molar-refractivity contribution < 1.29 is 13.3 Å². The van der Waals surface area contributed by atoms with Crippen molar-refractivity contribution in [2.45, 2.75) is 85.9 Å². The fourth-order valence-electron chi connectivity index (χ4n) is 2.84. The molecule has 0 aromatic heterocycles. The molecule has 0 radical (unpaired) electrons. The fourth-order valence-corrected chi connectivity index (χ4v) is 6.21. The summed E-state index contributed by atoms with van der Waals surface area (Å²) in [6.07, 6.45) is -0.126. The van der Waals surface area contributed by atoms with Gasteiger partial charge in [-0.1, -0.05) is 24.3 Å². The van der Waals surface area contributed by atoms with Crippen LogP contribution in [0, 0.1) is 0 Å². The number of nitrogens with two attached hydrogens (primary N) is 1. The lowest BCUT2D eigenvalue weighted by atomic mass is 10.1. The minimum atomic E-state index is -3.10. The van der Waals surface area contributed by atoms with Crippen molar-refractivity contribution in [1.29, 1.82) is 0 Å². The van der Waals surface area contributed by atoms with Crippen LogP contribution in [0.25, 0.3) is 0 Å². The van der Waals surface area contributed by atoms with Crippen LogP contribution in [0.2, 0.25) is 0 Å². The monoisotopic (exact) mass is 368 g/mol. The van der Waals surface area contributed by atoms with Gasteiger partial charge in [-0.2, -0.15) is 0 Å². The van der Waals surface area contributed by atoms with Gasteiger partial charge in [-0.25, -0.2) is 0 Å². The molecule has 0 heterocycles. The molecule has 3 N–H and O–H groups in total. The minimum Gasteiger partial charge on any atom is -0.367 e. The summed E-state index contributed by atoms with van der Waals surface area (Å²) in [5.41, 5.74) is 7.04. The van der Waals surface area contributed by atoms with Gasteiger partial charge >= 0.3 is 8.80 Å². The van der Waals surface area contributed by atoms with Gasteiger partial charge < -0.3 is 19.0 Å². The molecule has 1 aromatic carbocycles. The molecule has 0 saturated carbocycles. The Labute approximate surface area is 154 Å². The standard InChI is InChI=1S/C19H36N2O3Si/c1-13(2)22-25(23-14(3)4,24-15(5)6)19-12-10-9-11-18(19)16(7)21-17(8)20/h9-17,21H,20H2,1-8H3. The summed E-state index contributed by atoms with van der Waals surface area (Å²) >= 11 is 0. The molecule has 2 atom stereocenters. The first kappa shape index (κ1) is 22.3. The maximum Gasteiger partial charge on any atom is 0.538 e. The second-order valence-corrected chi connectivity index (χ2v) is 9.68. The van der Waals surface area contributed by atoms with E-state index in [-0.39, 0.29) is 30.5 Å². The van der Waals surface area contributed by atoms with Gasteiger partial charge in [-0.15, -0.1) is 0 Å².